The van der Waals surface area contributed by atoms with Gasteiger partial charge in [0.1, 0.15) is 5.82 Å². The average Bonchev–Trinajstić information content (AvgIpc) is 2.77. The van der Waals surface area contributed by atoms with Crippen molar-refractivity contribution in [1.29, 1.82) is 0 Å². The monoisotopic (exact) mass is 263 g/mol. The molecule has 1 aromatic heterocycles. The molecule has 18 heavy (non-hydrogen) atoms. The van der Waals surface area contributed by atoms with Crippen molar-refractivity contribution < 1.29 is 4.79 Å². The lowest BCUT2D eigenvalue weighted by Crippen LogP contribution is -2.27. The molecule has 2 rings (SSSR count). The molecule has 0 aliphatic carbocycles. The Morgan fingerprint density at radius 2 is 2.28 bits per heavy atom. The largest absolute Gasteiger partial charge is 0.346 e. The Balaban J connectivity index is 2.25. The molecule has 0 saturated carbocycles. The molecule has 5 heteroatoms. The molecule has 0 radical (unpaired) electrons. The predicted molar refractivity (Wildman–Crippen MR) is 75.7 cm³/mol. The number of benzene rings is 1. The van der Waals surface area contributed by atoms with Gasteiger partial charge in [-0.1, -0.05) is 12.1 Å². The summed E-state index contributed by atoms with van der Waals surface area (Å²) in [6.07, 6.45) is 2.93. The number of hydrogen-bond donors (Lipinski definition) is 2. The van der Waals surface area contributed by atoms with Crippen molar-refractivity contribution >= 4 is 28.7 Å². The van der Waals surface area contributed by atoms with Crippen molar-refractivity contribution in [2.75, 3.05) is 12.0 Å². The fourth-order valence-electron chi connectivity index (χ4n) is 1.90. The Hall–Kier alpha value is -1.49. The Morgan fingerprint density at radius 1 is 1.50 bits per heavy atom. The highest BCUT2D eigenvalue weighted by Crippen LogP contribution is 2.19. The van der Waals surface area contributed by atoms with Gasteiger partial charge < -0.3 is 10.3 Å². The van der Waals surface area contributed by atoms with E-state index in [1.54, 1.807) is 11.8 Å². The molecule has 1 heterocycles. The van der Waals surface area contributed by atoms with Gasteiger partial charge in [0.25, 0.3) is 0 Å². The summed E-state index contributed by atoms with van der Waals surface area (Å²) in [4.78, 5) is 19.1. The van der Waals surface area contributed by atoms with E-state index in [1.807, 2.05) is 24.3 Å². The molecule has 96 valence electrons. The van der Waals surface area contributed by atoms with E-state index in [0.29, 0.717) is 0 Å². The molecule has 4 nitrogen and oxygen atoms in total. The van der Waals surface area contributed by atoms with E-state index in [0.717, 1.165) is 29.0 Å². The number of nitrogens with zero attached hydrogens (tertiary/aromatic N) is 1. The lowest BCUT2D eigenvalue weighted by molar-refractivity contribution is -0.119. The number of rotatable bonds is 5. The second-order valence-electron chi connectivity index (χ2n) is 4.17. The zero-order valence-corrected chi connectivity index (χ0v) is 11.4. The minimum Gasteiger partial charge on any atom is -0.346 e. The van der Waals surface area contributed by atoms with Crippen LogP contribution in [0.15, 0.2) is 24.3 Å². The molecule has 0 aliphatic heterocycles. The molecule has 0 saturated heterocycles. The molecule has 1 unspecified atom stereocenters. The van der Waals surface area contributed by atoms with Crippen molar-refractivity contribution in [1.82, 2.24) is 15.3 Å². The second kappa shape index (κ2) is 5.91. The highest BCUT2D eigenvalue weighted by atomic mass is 32.2. The molecular formula is C13H17N3OS. The van der Waals surface area contributed by atoms with Gasteiger partial charge in [-0.05, 0) is 30.6 Å². The van der Waals surface area contributed by atoms with Gasteiger partial charge in [0.2, 0.25) is 5.91 Å². The third-order valence-corrected chi connectivity index (χ3v) is 3.37. The van der Waals surface area contributed by atoms with Crippen LogP contribution in [0, 0.1) is 0 Å². The van der Waals surface area contributed by atoms with Crippen molar-refractivity contribution in [2.45, 2.75) is 19.4 Å². The average molecular weight is 263 g/mol. The van der Waals surface area contributed by atoms with Gasteiger partial charge in [0, 0.05) is 6.92 Å². The number of fused-ring (bicyclic) bond motifs is 1. The van der Waals surface area contributed by atoms with Gasteiger partial charge in [0.15, 0.2) is 0 Å². The second-order valence-corrected chi connectivity index (χ2v) is 5.16. The number of aromatic nitrogens is 2. The molecule has 1 atom stereocenters. The summed E-state index contributed by atoms with van der Waals surface area (Å²) in [5, 5.41) is 2.95. The number of amides is 1. The van der Waals surface area contributed by atoms with Crippen LogP contribution in [0.3, 0.4) is 0 Å². The van der Waals surface area contributed by atoms with Crippen LogP contribution < -0.4 is 5.32 Å². The maximum Gasteiger partial charge on any atom is 0.217 e. The van der Waals surface area contributed by atoms with Crippen LogP contribution in [0.5, 0.6) is 0 Å². The van der Waals surface area contributed by atoms with Gasteiger partial charge in [-0.2, -0.15) is 11.8 Å². The maximum absolute atomic E-state index is 11.2. The van der Waals surface area contributed by atoms with Crippen LogP contribution in [0.25, 0.3) is 11.0 Å². The SMILES string of the molecule is CSCCC(NC(C)=O)c1nc2ccccc2[nH]1. The molecule has 1 amide bonds. The van der Waals surface area contributed by atoms with E-state index in [1.165, 1.54) is 6.92 Å². The maximum atomic E-state index is 11.2. The van der Waals surface area contributed by atoms with E-state index in [2.05, 4.69) is 21.5 Å². The van der Waals surface area contributed by atoms with E-state index in [9.17, 15) is 4.79 Å². The Kier molecular flexibility index (Phi) is 4.25. The van der Waals surface area contributed by atoms with Crippen molar-refractivity contribution in [3.8, 4) is 0 Å². The van der Waals surface area contributed by atoms with Crippen LogP contribution in [0.2, 0.25) is 0 Å². The third kappa shape index (κ3) is 3.04. The van der Waals surface area contributed by atoms with E-state index in [4.69, 9.17) is 0 Å². The quantitative estimate of drug-likeness (QED) is 0.871. The van der Waals surface area contributed by atoms with E-state index >= 15 is 0 Å². The lowest BCUT2D eigenvalue weighted by atomic mass is 10.2. The number of para-hydroxylation sites is 2. The van der Waals surface area contributed by atoms with Gasteiger partial charge in [-0.3, -0.25) is 4.79 Å². The van der Waals surface area contributed by atoms with Crippen LogP contribution in [-0.2, 0) is 4.79 Å². The Bertz CT molecular complexity index is 505. The topological polar surface area (TPSA) is 57.8 Å². The summed E-state index contributed by atoms with van der Waals surface area (Å²) < 4.78 is 0. The summed E-state index contributed by atoms with van der Waals surface area (Å²) in [7, 11) is 0. The highest BCUT2D eigenvalue weighted by molar-refractivity contribution is 7.98. The number of thioether (sulfide) groups is 1. The van der Waals surface area contributed by atoms with Gasteiger partial charge in [-0.15, -0.1) is 0 Å². The van der Waals surface area contributed by atoms with Crippen molar-refractivity contribution in [3.63, 3.8) is 0 Å². The highest BCUT2D eigenvalue weighted by Gasteiger charge is 2.16. The lowest BCUT2D eigenvalue weighted by Gasteiger charge is -2.14. The number of hydrogen-bond acceptors (Lipinski definition) is 3. The molecule has 0 fully saturated rings. The minimum absolute atomic E-state index is 0.0263. The normalized spacial score (nSPS) is 12.6. The van der Waals surface area contributed by atoms with Gasteiger partial charge >= 0.3 is 0 Å². The van der Waals surface area contributed by atoms with Crippen LogP contribution in [0.1, 0.15) is 25.2 Å². The van der Waals surface area contributed by atoms with Crippen LogP contribution in [-0.4, -0.2) is 27.9 Å². The number of aromatic amines is 1. The first-order valence-electron chi connectivity index (χ1n) is 5.91. The van der Waals surface area contributed by atoms with Crippen molar-refractivity contribution in [2.24, 2.45) is 0 Å². The smallest absolute Gasteiger partial charge is 0.217 e. The van der Waals surface area contributed by atoms with E-state index in [-0.39, 0.29) is 11.9 Å². The Labute approximate surface area is 111 Å². The Morgan fingerprint density at radius 3 is 2.94 bits per heavy atom. The van der Waals surface area contributed by atoms with Crippen LogP contribution >= 0.6 is 11.8 Å². The fraction of sp³-hybridized carbons (Fsp3) is 0.385. The molecule has 0 bridgehead atoms. The van der Waals surface area contributed by atoms with Gasteiger partial charge in [-0.25, -0.2) is 4.98 Å². The number of H-pyrrole nitrogens is 1. The summed E-state index contributed by atoms with van der Waals surface area (Å²) in [6.45, 7) is 1.54. The number of carbonyl (C=O) groups excluding carboxylic acids is 1. The number of nitrogens with one attached hydrogen (secondary N) is 2. The number of carbonyl (C=O) groups is 1. The fourth-order valence-corrected chi connectivity index (χ4v) is 2.37. The summed E-state index contributed by atoms with van der Waals surface area (Å²) in [5.41, 5.74) is 1.94. The predicted octanol–water partition coefficient (Wildman–Crippen LogP) is 2.49. The molecule has 2 aromatic rings. The molecular weight excluding hydrogens is 246 g/mol. The van der Waals surface area contributed by atoms with E-state index < -0.39 is 0 Å². The summed E-state index contributed by atoms with van der Waals surface area (Å²) >= 11 is 1.77. The van der Waals surface area contributed by atoms with Crippen LogP contribution in [0.4, 0.5) is 0 Å². The minimum atomic E-state index is -0.0395. The standard InChI is InChI=1S/C13H17N3OS/c1-9(17)14-12(7-8-18-2)13-15-10-5-3-4-6-11(10)16-13/h3-6,12H,7-8H2,1-2H3,(H,14,17)(H,15,16). The third-order valence-electron chi connectivity index (χ3n) is 2.73. The number of imidazole rings is 1. The zero-order valence-electron chi connectivity index (χ0n) is 10.6. The first-order valence-corrected chi connectivity index (χ1v) is 7.31. The summed E-state index contributed by atoms with van der Waals surface area (Å²) in [5.74, 6) is 1.80. The molecule has 0 spiro atoms. The van der Waals surface area contributed by atoms with Gasteiger partial charge in [0.05, 0.1) is 17.1 Å². The molecule has 1 aromatic carbocycles. The molecule has 2 N–H and O–H groups in total. The first-order chi connectivity index (χ1) is 8.70. The zero-order chi connectivity index (χ0) is 13.0. The van der Waals surface area contributed by atoms with Crippen molar-refractivity contribution in [3.05, 3.63) is 30.1 Å². The summed E-state index contributed by atoms with van der Waals surface area (Å²) in [6, 6.07) is 7.85. The first kappa shape index (κ1) is 13.0. The molecule has 0 aliphatic rings.